The minimum absolute atomic E-state index is 0. The molecule has 0 aliphatic rings. The predicted molar refractivity (Wildman–Crippen MR) is 86.7 cm³/mol. The highest BCUT2D eigenvalue weighted by atomic mass is 35.5. The number of hydrogen-bond donors (Lipinski definition) is 1. The minimum atomic E-state index is 0. The van der Waals surface area contributed by atoms with E-state index >= 15 is 0 Å². The van der Waals surface area contributed by atoms with Crippen molar-refractivity contribution in [3.05, 3.63) is 45.4 Å². The summed E-state index contributed by atoms with van der Waals surface area (Å²) >= 11 is 7.75. The maximum atomic E-state index is 6.20. The van der Waals surface area contributed by atoms with E-state index in [0.29, 0.717) is 5.13 Å². The van der Waals surface area contributed by atoms with Gasteiger partial charge in [0.1, 0.15) is 0 Å². The van der Waals surface area contributed by atoms with Crippen LogP contribution in [0.3, 0.4) is 0 Å². The predicted octanol–water partition coefficient (Wildman–Crippen LogP) is 4.69. The summed E-state index contributed by atoms with van der Waals surface area (Å²) in [5.74, 6) is 0. The zero-order valence-corrected chi connectivity index (χ0v) is 13.6. The van der Waals surface area contributed by atoms with Crippen LogP contribution in [0.4, 0.5) is 5.13 Å². The van der Waals surface area contributed by atoms with Gasteiger partial charge in [-0.15, -0.1) is 23.7 Å². The summed E-state index contributed by atoms with van der Waals surface area (Å²) < 4.78 is 0. The molecule has 0 saturated carbocycles. The summed E-state index contributed by atoms with van der Waals surface area (Å²) in [6.07, 6.45) is 0.793. The first-order valence-electron chi connectivity index (χ1n) is 5.87. The molecule has 0 bridgehead atoms. The normalized spacial score (nSPS) is 11.2. The third-order valence-corrected chi connectivity index (χ3v) is 3.99. The molecule has 2 rings (SSSR count). The van der Waals surface area contributed by atoms with Crippen LogP contribution in [-0.4, -0.2) is 4.98 Å². The van der Waals surface area contributed by atoms with Gasteiger partial charge in [0.15, 0.2) is 5.13 Å². The van der Waals surface area contributed by atoms with Gasteiger partial charge in [-0.05, 0) is 11.6 Å². The lowest BCUT2D eigenvalue weighted by molar-refractivity contribution is 0.568. The van der Waals surface area contributed by atoms with E-state index in [4.69, 9.17) is 17.3 Å². The van der Waals surface area contributed by atoms with Gasteiger partial charge < -0.3 is 5.73 Å². The average molecular weight is 317 g/mol. The van der Waals surface area contributed by atoms with E-state index in [1.807, 2.05) is 24.3 Å². The number of rotatable bonds is 2. The van der Waals surface area contributed by atoms with Crippen LogP contribution in [0.2, 0.25) is 5.02 Å². The molecule has 0 aliphatic carbocycles. The van der Waals surface area contributed by atoms with Gasteiger partial charge in [-0.25, -0.2) is 4.98 Å². The fourth-order valence-electron chi connectivity index (χ4n) is 1.89. The van der Waals surface area contributed by atoms with E-state index < -0.39 is 0 Å². The van der Waals surface area contributed by atoms with E-state index in [2.05, 4.69) is 25.8 Å². The molecular formula is C14H18Cl2N2S. The first-order chi connectivity index (χ1) is 8.38. The molecule has 19 heavy (non-hydrogen) atoms. The van der Waals surface area contributed by atoms with Crippen molar-refractivity contribution in [1.82, 2.24) is 4.98 Å². The van der Waals surface area contributed by atoms with Crippen molar-refractivity contribution >= 4 is 40.5 Å². The zero-order valence-electron chi connectivity index (χ0n) is 11.2. The Morgan fingerprint density at radius 2 is 1.89 bits per heavy atom. The number of hydrogen-bond acceptors (Lipinski definition) is 3. The molecule has 1 heterocycles. The Balaban J connectivity index is 0.00000180. The van der Waals surface area contributed by atoms with E-state index in [-0.39, 0.29) is 17.8 Å². The molecule has 104 valence electrons. The molecule has 2 nitrogen and oxygen atoms in total. The smallest absolute Gasteiger partial charge is 0.180 e. The molecule has 0 fully saturated rings. The molecular weight excluding hydrogens is 299 g/mol. The summed E-state index contributed by atoms with van der Waals surface area (Å²) in [6.45, 7) is 6.45. The van der Waals surface area contributed by atoms with Crippen LogP contribution in [-0.2, 0) is 11.8 Å². The fraction of sp³-hybridized carbons (Fsp3) is 0.357. The van der Waals surface area contributed by atoms with Crippen LogP contribution < -0.4 is 5.73 Å². The van der Waals surface area contributed by atoms with Gasteiger partial charge >= 0.3 is 0 Å². The number of nitrogens with zero attached hydrogens (tertiary/aromatic N) is 1. The molecule has 1 aromatic heterocycles. The lowest BCUT2D eigenvalue weighted by Gasteiger charge is -2.17. The van der Waals surface area contributed by atoms with Crippen LogP contribution in [0.15, 0.2) is 24.3 Å². The molecule has 0 aliphatic heterocycles. The lowest BCUT2D eigenvalue weighted by atomic mass is 9.90. The number of thiazole rings is 1. The van der Waals surface area contributed by atoms with Crippen molar-refractivity contribution in [2.24, 2.45) is 0 Å². The highest BCUT2D eigenvalue weighted by molar-refractivity contribution is 7.15. The Hall–Kier alpha value is -0.770. The molecule has 1 aromatic carbocycles. The van der Waals surface area contributed by atoms with E-state index in [1.54, 1.807) is 11.3 Å². The zero-order chi connectivity index (χ0) is 13.3. The van der Waals surface area contributed by atoms with Crippen molar-refractivity contribution in [3.63, 3.8) is 0 Å². The average Bonchev–Trinajstić information content (AvgIpc) is 2.63. The number of nitrogens with two attached hydrogens (primary N) is 1. The SMILES string of the molecule is CC(C)(C)c1nc(N)sc1Cc1ccccc1Cl.Cl. The molecule has 0 radical (unpaired) electrons. The molecule has 0 amide bonds. The topological polar surface area (TPSA) is 38.9 Å². The fourth-order valence-corrected chi connectivity index (χ4v) is 3.16. The second-order valence-corrected chi connectivity index (χ2v) is 6.86. The molecule has 2 aromatic rings. The summed E-state index contributed by atoms with van der Waals surface area (Å²) in [7, 11) is 0. The molecule has 0 atom stereocenters. The van der Waals surface area contributed by atoms with Gasteiger partial charge in [0.25, 0.3) is 0 Å². The van der Waals surface area contributed by atoms with Gasteiger partial charge in [0, 0.05) is 21.7 Å². The quantitative estimate of drug-likeness (QED) is 0.873. The van der Waals surface area contributed by atoms with Crippen molar-refractivity contribution < 1.29 is 0 Å². The van der Waals surface area contributed by atoms with Crippen molar-refractivity contribution in [1.29, 1.82) is 0 Å². The molecule has 2 N–H and O–H groups in total. The van der Waals surface area contributed by atoms with Gasteiger partial charge in [-0.2, -0.15) is 0 Å². The minimum Gasteiger partial charge on any atom is -0.375 e. The van der Waals surface area contributed by atoms with Crippen LogP contribution in [0.25, 0.3) is 0 Å². The first-order valence-corrected chi connectivity index (χ1v) is 7.06. The van der Waals surface area contributed by atoms with E-state index in [1.165, 1.54) is 4.88 Å². The maximum Gasteiger partial charge on any atom is 0.180 e. The second kappa shape index (κ2) is 6.12. The van der Waals surface area contributed by atoms with Crippen molar-refractivity contribution in [2.45, 2.75) is 32.6 Å². The van der Waals surface area contributed by atoms with Gasteiger partial charge in [0.05, 0.1) is 5.69 Å². The number of aromatic nitrogens is 1. The van der Waals surface area contributed by atoms with Gasteiger partial charge in [0.2, 0.25) is 0 Å². The summed E-state index contributed by atoms with van der Waals surface area (Å²) in [6, 6.07) is 7.91. The highest BCUT2D eigenvalue weighted by Crippen LogP contribution is 2.33. The lowest BCUT2D eigenvalue weighted by Crippen LogP contribution is -2.14. The highest BCUT2D eigenvalue weighted by Gasteiger charge is 2.23. The first kappa shape index (κ1) is 16.3. The van der Waals surface area contributed by atoms with Crippen molar-refractivity contribution in [3.8, 4) is 0 Å². The second-order valence-electron chi connectivity index (χ2n) is 5.34. The number of benzene rings is 1. The maximum absolute atomic E-state index is 6.20. The Bertz CT molecular complexity index is 559. The summed E-state index contributed by atoms with van der Waals surface area (Å²) in [4.78, 5) is 5.66. The molecule has 5 heteroatoms. The number of halogens is 2. The number of anilines is 1. The summed E-state index contributed by atoms with van der Waals surface area (Å²) in [5, 5.41) is 1.42. The van der Waals surface area contributed by atoms with Crippen LogP contribution in [0, 0.1) is 0 Å². The van der Waals surface area contributed by atoms with Crippen molar-refractivity contribution in [2.75, 3.05) is 5.73 Å². The largest absolute Gasteiger partial charge is 0.375 e. The monoisotopic (exact) mass is 316 g/mol. The third kappa shape index (κ3) is 3.85. The van der Waals surface area contributed by atoms with Gasteiger partial charge in [-0.3, -0.25) is 0 Å². The van der Waals surface area contributed by atoms with Crippen LogP contribution in [0.5, 0.6) is 0 Å². The Labute approximate surface area is 129 Å². The Morgan fingerprint density at radius 3 is 2.47 bits per heavy atom. The Morgan fingerprint density at radius 1 is 1.26 bits per heavy atom. The standard InChI is InChI=1S/C14H17ClN2S.ClH/c1-14(2,3)12-11(18-13(16)17-12)8-9-6-4-5-7-10(9)15;/h4-7H,8H2,1-3H3,(H2,16,17);1H. The molecule has 0 unspecified atom stereocenters. The molecule has 0 spiro atoms. The van der Waals surface area contributed by atoms with Crippen LogP contribution >= 0.6 is 35.3 Å². The van der Waals surface area contributed by atoms with Gasteiger partial charge in [-0.1, -0.05) is 50.6 Å². The Kier molecular flexibility index (Phi) is 5.25. The number of nitrogen functional groups attached to an aromatic ring is 1. The summed E-state index contributed by atoms with van der Waals surface area (Å²) in [5.41, 5.74) is 8.04. The van der Waals surface area contributed by atoms with E-state index in [0.717, 1.165) is 22.7 Å². The third-order valence-electron chi connectivity index (χ3n) is 2.73. The molecule has 0 saturated heterocycles. The van der Waals surface area contributed by atoms with E-state index in [9.17, 15) is 0 Å². The van der Waals surface area contributed by atoms with Crippen LogP contribution in [0.1, 0.15) is 36.9 Å².